The summed E-state index contributed by atoms with van der Waals surface area (Å²) in [6, 6.07) is 3.92. The summed E-state index contributed by atoms with van der Waals surface area (Å²) in [5, 5.41) is 0. The number of halogens is 1. The number of benzene rings is 1. The minimum atomic E-state index is -0.606. The zero-order valence-corrected chi connectivity index (χ0v) is 11.5. The van der Waals surface area contributed by atoms with E-state index in [0.29, 0.717) is 11.1 Å². The molecule has 20 heavy (non-hydrogen) atoms. The molecule has 0 radical (unpaired) electrons. The Labute approximate surface area is 120 Å². The molecule has 108 valence electrons. The molecule has 0 spiro atoms. The fourth-order valence-electron chi connectivity index (χ4n) is 1.77. The lowest BCUT2D eigenvalue weighted by atomic mass is 10.1. The summed E-state index contributed by atoms with van der Waals surface area (Å²) in [6.45, 7) is -0.160. The third kappa shape index (κ3) is 4.90. The van der Waals surface area contributed by atoms with Gasteiger partial charge in [0.25, 0.3) is 0 Å². The molecule has 0 aromatic heterocycles. The predicted molar refractivity (Wildman–Crippen MR) is 76.0 cm³/mol. The standard InChI is InChI=1S/C12H15FN4O2S/c13-8-2-1-7(9(3-8)12(16)20)4-17(5-10(14)18)6-11(15)19/h1-3H,4-6H2,(H2,14,18)(H2,15,19)(H2,16,20). The van der Waals surface area contributed by atoms with Crippen molar-refractivity contribution in [1.82, 2.24) is 4.90 Å². The summed E-state index contributed by atoms with van der Waals surface area (Å²) in [5.74, 6) is -1.69. The number of nitrogens with two attached hydrogens (primary N) is 3. The van der Waals surface area contributed by atoms with Gasteiger partial charge in [0.1, 0.15) is 10.8 Å². The molecule has 0 saturated heterocycles. The first-order chi connectivity index (χ1) is 9.29. The van der Waals surface area contributed by atoms with E-state index in [4.69, 9.17) is 29.4 Å². The minimum Gasteiger partial charge on any atom is -0.389 e. The van der Waals surface area contributed by atoms with Crippen LogP contribution < -0.4 is 17.2 Å². The first-order valence-corrected chi connectivity index (χ1v) is 6.07. The molecule has 0 aliphatic carbocycles. The average Bonchev–Trinajstić information content (AvgIpc) is 2.29. The van der Waals surface area contributed by atoms with Crippen molar-refractivity contribution >= 4 is 29.0 Å². The molecule has 0 unspecified atom stereocenters. The van der Waals surface area contributed by atoms with Crippen molar-refractivity contribution in [2.75, 3.05) is 13.1 Å². The number of thiocarbonyl (C=S) groups is 1. The van der Waals surface area contributed by atoms with Crippen LogP contribution in [0.25, 0.3) is 0 Å². The maximum atomic E-state index is 13.2. The van der Waals surface area contributed by atoms with E-state index in [9.17, 15) is 14.0 Å². The van der Waals surface area contributed by atoms with Crippen molar-refractivity contribution in [1.29, 1.82) is 0 Å². The molecular formula is C12H15FN4O2S. The Kier molecular flexibility index (Phi) is 5.53. The number of hydrogen-bond donors (Lipinski definition) is 3. The van der Waals surface area contributed by atoms with Crippen LogP contribution in [0, 0.1) is 5.82 Å². The summed E-state index contributed by atoms with van der Waals surface area (Å²) in [5.41, 5.74) is 16.7. The number of rotatable bonds is 7. The van der Waals surface area contributed by atoms with E-state index in [2.05, 4.69) is 0 Å². The highest BCUT2D eigenvalue weighted by atomic mass is 32.1. The van der Waals surface area contributed by atoms with E-state index < -0.39 is 17.6 Å². The van der Waals surface area contributed by atoms with Crippen LogP contribution in [0.2, 0.25) is 0 Å². The topological polar surface area (TPSA) is 115 Å². The maximum absolute atomic E-state index is 13.2. The van der Waals surface area contributed by atoms with Crippen molar-refractivity contribution in [3.8, 4) is 0 Å². The summed E-state index contributed by atoms with van der Waals surface area (Å²) in [7, 11) is 0. The highest BCUT2D eigenvalue weighted by molar-refractivity contribution is 7.80. The van der Waals surface area contributed by atoms with Crippen LogP contribution in [-0.2, 0) is 16.1 Å². The molecule has 1 rings (SSSR count). The molecule has 0 bridgehead atoms. The molecule has 1 aromatic carbocycles. The van der Waals surface area contributed by atoms with Crippen molar-refractivity contribution in [3.05, 3.63) is 35.1 Å². The highest BCUT2D eigenvalue weighted by Gasteiger charge is 2.15. The number of hydrogen-bond acceptors (Lipinski definition) is 4. The summed E-state index contributed by atoms with van der Waals surface area (Å²) in [6.07, 6.45) is 0. The number of carbonyl (C=O) groups excluding carboxylic acids is 2. The lowest BCUT2D eigenvalue weighted by Crippen LogP contribution is -2.39. The van der Waals surface area contributed by atoms with Gasteiger partial charge in [-0.05, 0) is 17.7 Å². The second-order valence-electron chi connectivity index (χ2n) is 4.24. The van der Waals surface area contributed by atoms with Crippen LogP contribution in [0.5, 0.6) is 0 Å². The maximum Gasteiger partial charge on any atom is 0.231 e. The van der Waals surface area contributed by atoms with Gasteiger partial charge < -0.3 is 17.2 Å². The Morgan fingerprint density at radius 3 is 2.15 bits per heavy atom. The van der Waals surface area contributed by atoms with Gasteiger partial charge >= 0.3 is 0 Å². The van der Waals surface area contributed by atoms with Gasteiger partial charge in [0.15, 0.2) is 0 Å². The molecule has 0 atom stereocenters. The fourth-order valence-corrected chi connectivity index (χ4v) is 1.96. The van der Waals surface area contributed by atoms with E-state index in [1.165, 1.54) is 23.1 Å². The molecule has 0 aliphatic rings. The van der Waals surface area contributed by atoms with Gasteiger partial charge in [-0.1, -0.05) is 18.3 Å². The predicted octanol–water partition coefficient (Wildman–Crippen LogP) is -0.767. The van der Waals surface area contributed by atoms with E-state index in [-0.39, 0.29) is 24.6 Å². The van der Waals surface area contributed by atoms with Crippen molar-refractivity contribution in [3.63, 3.8) is 0 Å². The molecule has 1 aromatic rings. The van der Waals surface area contributed by atoms with Crippen LogP contribution in [0.4, 0.5) is 4.39 Å². The van der Waals surface area contributed by atoms with Crippen molar-refractivity contribution < 1.29 is 14.0 Å². The second-order valence-corrected chi connectivity index (χ2v) is 4.68. The Morgan fingerprint density at radius 2 is 1.70 bits per heavy atom. The molecule has 6 nitrogen and oxygen atoms in total. The van der Waals surface area contributed by atoms with E-state index in [1.807, 2.05) is 0 Å². The van der Waals surface area contributed by atoms with E-state index in [0.717, 1.165) is 0 Å². The SMILES string of the molecule is NC(=O)CN(CC(N)=O)Cc1ccc(F)cc1C(N)=S. The van der Waals surface area contributed by atoms with Crippen LogP contribution >= 0.6 is 12.2 Å². The van der Waals surface area contributed by atoms with Gasteiger partial charge in [0, 0.05) is 12.1 Å². The first kappa shape index (κ1) is 16.0. The molecule has 8 heteroatoms. The molecule has 0 heterocycles. The smallest absolute Gasteiger partial charge is 0.231 e. The number of amides is 2. The van der Waals surface area contributed by atoms with Crippen molar-refractivity contribution in [2.45, 2.75) is 6.54 Å². The van der Waals surface area contributed by atoms with Crippen LogP contribution in [0.15, 0.2) is 18.2 Å². The molecule has 6 N–H and O–H groups in total. The van der Waals surface area contributed by atoms with Crippen molar-refractivity contribution in [2.24, 2.45) is 17.2 Å². The normalized spacial score (nSPS) is 10.5. The van der Waals surface area contributed by atoms with Gasteiger partial charge in [-0.25, -0.2) is 4.39 Å². The van der Waals surface area contributed by atoms with Crippen LogP contribution in [0.3, 0.4) is 0 Å². The number of nitrogens with zero attached hydrogens (tertiary/aromatic N) is 1. The number of carbonyl (C=O) groups is 2. The zero-order chi connectivity index (χ0) is 15.3. The summed E-state index contributed by atoms with van der Waals surface area (Å²) < 4.78 is 13.2. The Bertz CT molecular complexity index is 534. The number of primary amides is 2. The lowest BCUT2D eigenvalue weighted by Gasteiger charge is -2.20. The fraction of sp³-hybridized carbons (Fsp3) is 0.250. The zero-order valence-electron chi connectivity index (χ0n) is 10.6. The highest BCUT2D eigenvalue weighted by Crippen LogP contribution is 2.14. The van der Waals surface area contributed by atoms with E-state index >= 15 is 0 Å². The second kappa shape index (κ2) is 6.92. The van der Waals surface area contributed by atoms with Gasteiger partial charge in [0.2, 0.25) is 11.8 Å². The third-order valence-corrected chi connectivity index (χ3v) is 2.71. The summed E-state index contributed by atoms with van der Waals surface area (Å²) >= 11 is 4.85. The quantitative estimate of drug-likeness (QED) is 0.572. The summed E-state index contributed by atoms with van der Waals surface area (Å²) in [4.78, 5) is 23.4. The van der Waals surface area contributed by atoms with Crippen LogP contribution in [-0.4, -0.2) is 34.8 Å². The first-order valence-electron chi connectivity index (χ1n) is 5.66. The Hall–Kier alpha value is -2.06. The van der Waals surface area contributed by atoms with Crippen LogP contribution in [0.1, 0.15) is 11.1 Å². The molecule has 0 saturated carbocycles. The third-order valence-electron chi connectivity index (χ3n) is 2.49. The van der Waals surface area contributed by atoms with Gasteiger partial charge in [0.05, 0.1) is 13.1 Å². The lowest BCUT2D eigenvalue weighted by molar-refractivity contribution is -0.122. The van der Waals surface area contributed by atoms with Gasteiger partial charge in [-0.2, -0.15) is 0 Å². The van der Waals surface area contributed by atoms with E-state index in [1.54, 1.807) is 0 Å². The molecule has 0 fully saturated rings. The monoisotopic (exact) mass is 298 g/mol. The minimum absolute atomic E-state index is 0.0256. The molecular weight excluding hydrogens is 283 g/mol. The molecule has 2 amide bonds. The Balaban J connectivity index is 3.00. The Morgan fingerprint density at radius 1 is 1.15 bits per heavy atom. The van der Waals surface area contributed by atoms with Gasteiger partial charge in [-0.3, -0.25) is 14.5 Å². The molecule has 0 aliphatic heterocycles. The largest absolute Gasteiger partial charge is 0.389 e. The average molecular weight is 298 g/mol. The van der Waals surface area contributed by atoms with Gasteiger partial charge in [-0.15, -0.1) is 0 Å².